The van der Waals surface area contributed by atoms with Gasteiger partial charge in [0, 0.05) is 18.7 Å². The number of nitrogens with zero attached hydrogens (tertiary/aromatic N) is 1. The van der Waals surface area contributed by atoms with Gasteiger partial charge in [-0.2, -0.15) is 0 Å². The van der Waals surface area contributed by atoms with Crippen molar-refractivity contribution in [1.82, 2.24) is 5.32 Å². The maximum atomic E-state index is 13.3. The van der Waals surface area contributed by atoms with Gasteiger partial charge >= 0.3 is 0 Å². The number of carbonyl (C=O) groups excluding carboxylic acids is 2. The SMILES string of the molecule is COc1ccccc1C(=O)N[C@H]1CC(=O)N(c2cccc(F)c2)C1. The first-order valence-electron chi connectivity index (χ1n) is 7.58. The van der Waals surface area contributed by atoms with Crippen molar-refractivity contribution in [2.75, 3.05) is 18.6 Å². The fraction of sp³-hybridized carbons (Fsp3) is 0.222. The van der Waals surface area contributed by atoms with Crippen LogP contribution in [0, 0.1) is 5.82 Å². The summed E-state index contributed by atoms with van der Waals surface area (Å²) in [4.78, 5) is 26.1. The van der Waals surface area contributed by atoms with Crippen molar-refractivity contribution in [3.63, 3.8) is 0 Å². The normalized spacial score (nSPS) is 17.0. The minimum Gasteiger partial charge on any atom is -0.496 e. The molecule has 5 nitrogen and oxygen atoms in total. The predicted octanol–water partition coefficient (Wildman–Crippen LogP) is 2.37. The van der Waals surface area contributed by atoms with Crippen LogP contribution in [0.5, 0.6) is 5.75 Å². The molecule has 0 aromatic heterocycles. The third kappa shape index (κ3) is 3.22. The maximum absolute atomic E-state index is 13.3. The summed E-state index contributed by atoms with van der Waals surface area (Å²) >= 11 is 0. The third-order valence-electron chi connectivity index (χ3n) is 3.93. The van der Waals surface area contributed by atoms with E-state index >= 15 is 0 Å². The van der Waals surface area contributed by atoms with Crippen molar-refractivity contribution in [1.29, 1.82) is 0 Å². The summed E-state index contributed by atoms with van der Waals surface area (Å²) in [6, 6.07) is 12.4. The number of methoxy groups -OCH3 is 1. The number of anilines is 1. The molecule has 24 heavy (non-hydrogen) atoms. The molecule has 0 aliphatic carbocycles. The van der Waals surface area contributed by atoms with Gasteiger partial charge in [-0.15, -0.1) is 0 Å². The van der Waals surface area contributed by atoms with Gasteiger partial charge in [-0.05, 0) is 30.3 Å². The number of hydrogen-bond acceptors (Lipinski definition) is 3. The lowest BCUT2D eigenvalue weighted by Crippen LogP contribution is -2.37. The van der Waals surface area contributed by atoms with Gasteiger partial charge in [0.15, 0.2) is 0 Å². The van der Waals surface area contributed by atoms with E-state index in [4.69, 9.17) is 4.74 Å². The van der Waals surface area contributed by atoms with Crippen molar-refractivity contribution in [2.45, 2.75) is 12.5 Å². The summed E-state index contributed by atoms with van der Waals surface area (Å²) in [6.07, 6.45) is 0.178. The lowest BCUT2D eigenvalue weighted by atomic mass is 10.1. The molecule has 0 spiro atoms. The van der Waals surface area contributed by atoms with Gasteiger partial charge in [0.2, 0.25) is 5.91 Å². The molecule has 6 heteroatoms. The molecule has 1 atom stereocenters. The van der Waals surface area contributed by atoms with Gasteiger partial charge in [-0.3, -0.25) is 9.59 Å². The highest BCUT2D eigenvalue weighted by Crippen LogP contribution is 2.23. The molecule has 2 aromatic carbocycles. The zero-order valence-corrected chi connectivity index (χ0v) is 13.2. The first-order chi connectivity index (χ1) is 11.6. The number of rotatable bonds is 4. The quantitative estimate of drug-likeness (QED) is 0.937. The molecule has 2 aromatic rings. The Hall–Kier alpha value is -2.89. The van der Waals surface area contributed by atoms with Crippen LogP contribution in [0.2, 0.25) is 0 Å². The number of amides is 2. The molecular weight excluding hydrogens is 311 g/mol. The van der Waals surface area contributed by atoms with Crippen LogP contribution in [-0.4, -0.2) is 31.5 Å². The molecule has 1 heterocycles. The molecule has 1 aliphatic heterocycles. The topological polar surface area (TPSA) is 58.6 Å². The van der Waals surface area contributed by atoms with E-state index in [0.29, 0.717) is 23.5 Å². The zero-order chi connectivity index (χ0) is 17.1. The van der Waals surface area contributed by atoms with Crippen molar-refractivity contribution >= 4 is 17.5 Å². The van der Waals surface area contributed by atoms with Crippen LogP contribution >= 0.6 is 0 Å². The lowest BCUT2D eigenvalue weighted by Gasteiger charge is -2.17. The molecule has 0 bridgehead atoms. The fourth-order valence-electron chi connectivity index (χ4n) is 2.79. The van der Waals surface area contributed by atoms with Crippen LogP contribution in [-0.2, 0) is 4.79 Å². The van der Waals surface area contributed by atoms with E-state index in [0.717, 1.165) is 0 Å². The Labute approximate surface area is 139 Å². The molecule has 2 amide bonds. The molecule has 124 valence electrons. The summed E-state index contributed by atoms with van der Waals surface area (Å²) in [5.41, 5.74) is 0.908. The van der Waals surface area contributed by atoms with E-state index in [1.165, 1.54) is 24.1 Å². The average molecular weight is 328 g/mol. The second kappa shape index (κ2) is 6.70. The predicted molar refractivity (Wildman–Crippen MR) is 87.6 cm³/mol. The first-order valence-corrected chi connectivity index (χ1v) is 7.58. The van der Waals surface area contributed by atoms with Gasteiger partial charge in [0.1, 0.15) is 11.6 Å². The Kier molecular flexibility index (Phi) is 4.46. The highest BCUT2D eigenvalue weighted by atomic mass is 19.1. The third-order valence-corrected chi connectivity index (χ3v) is 3.93. The van der Waals surface area contributed by atoms with Crippen molar-refractivity contribution in [3.8, 4) is 5.75 Å². The number of hydrogen-bond donors (Lipinski definition) is 1. The van der Waals surface area contributed by atoms with E-state index in [2.05, 4.69) is 5.32 Å². The number of nitrogens with one attached hydrogen (secondary N) is 1. The summed E-state index contributed by atoms with van der Waals surface area (Å²) in [5, 5.41) is 2.84. The van der Waals surface area contributed by atoms with Crippen LogP contribution in [0.15, 0.2) is 48.5 Å². The van der Waals surface area contributed by atoms with Crippen LogP contribution in [0.25, 0.3) is 0 Å². The molecule has 1 fully saturated rings. The Morgan fingerprint density at radius 3 is 2.79 bits per heavy atom. The Balaban J connectivity index is 1.71. The summed E-state index contributed by atoms with van der Waals surface area (Å²) in [6.45, 7) is 0.309. The van der Waals surface area contributed by atoms with E-state index < -0.39 is 5.82 Å². The Morgan fingerprint density at radius 1 is 1.25 bits per heavy atom. The van der Waals surface area contributed by atoms with Crippen molar-refractivity contribution < 1.29 is 18.7 Å². The van der Waals surface area contributed by atoms with Crippen molar-refractivity contribution in [2.24, 2.45) is 0 Å². The minimum absolute atomic E-state index is 0.147. The molecule has 0 unspecified atom stereocenters. The standard InChI is InChI=1S/C18H17FN2O3/c1-24-16-8-3-2-7-15(16)18(23)20-13-10-17(22)21(11-13)14-6-4-5-12(19)9-14/h2-9,13H,10-11H2,1H3,(H,20,23)/t13-/m0/s1. The largest absolute Gasteiger partial charge is 0.496 e. The van der Waals surface area contributed by atoms with Crippen LogP contribution in [0.3, 0.4) is 0 Å². The maximum Gasteiger partial charge on any atom is 0.255 e. The van der Waals surface area contributed by atoms with Crippen LogP contribution in [0.4, 0.5) is 10.1 Å². The number of para-hydroxylation sites is 1. The van der Waals surface area contributed by atoms with E-state index in [-0.39, 0.29) is 24.3 Å². The Bertz CT molecular complexity index is 778. The number of ether oxygens (including phenoxy) is 1. The number of halogens is 1. The number of carbonyl (C=O) groups is 2. The molecular formula is C18H17FN2O3. The lowest BCUT2D eigenvalue weighted by molar-refractivity contribution is -0.117. The highest BCUT2D eigenvalue weighted by Gasteiger charge is 2.32. The van der Waals surface area contributed by atoms with Crippen LogP contribution < -0.4 is 15.0 Å². The molecule has 0 saturated carbocycles. The van der Waals surface area contributed by atoms with Crippen molar-refractivity contribution in [3.05, 3.63) is 59.9 Å². The molecule has 0 radical (unpaired) electrons. The Morgan fingerprint density at radius 2 is 2.04 bits per heavy atom. The highest BCUT2D eigenvalue weighted by molar-refractivity contribution is 6.00. The number of benzene rings is 2. The zero-order valence-electron chi connectivity index (χ0n) is 13.2. The van der Waals surface area contributed by atoms with E-state index in [1.54, 1.807) is 36.4 Å². The fourth-order valence-corrected chi connectivity index (χ4v) is 2.79. The van der Waals surface area contributed by atoms with E-state index in [9.17, 15) is 14.0 Å². The van der Waals surface area contributed by atoms with Gasteiger partial charge in [0.25, 0.3) is 5.91 Å². The molecule has 3 rings (SSSR count). The summed E-state index contributed by atoms with van der Waals surface area (Å²) in [7, 11) is 1.50. The van der Waals surface area contributed by atoms with Gasteiger partial charge in [-0.1, -0.05) is 18.2 Å². The first kappa shape index (κ1) is 16.0. The van der Waals surface area contributed by atoms with Gasteiger partial charge < -0.3 is 15.0 Å². The van der Waals surface area contributed by atoms with Gasteiger partial charge in [0.05, 0.1) is 18.7 Å². The van der Waals surface area contributed by atoms with E-state index in [1.807, 2.05) is 0 Å². The second-order valence-corrected chi connectivity index (χ2v) is 5.56. The molecule has 1 saturated heterocycles. The smallest absolute Gasteiger partial charge is 0.255 e. The minimum atomic E-state index is -0.401. The average Bonchev–Trinajstić information content (AvgIpc) is 2.95. The second-order valence-electron chi connectivity index (χ2n) is 5.56. The molecule has 1 aliphatic rings. The van der Waals surface area contributed by atoms with Gasteiger partial charge in [-0.25, -0.2) is 4.39 Å². The summed E-state index contributed by atoms with van der Waals surface area (Å²) < 4.78 is 18.5. The van der Waals surface area contributed by atoms with Crippen LogP contribution in [0.1, 0.15) is 16.8 Å². The summed E-state index contributed by atoms with van der Waals surface area (Å²) in [5.74, 6) is -0.375. The molecule has 1 N–H and O–H groups in total. The monoisotopic (exact) mass is 328 g/mol.